The van der Waals surface area contributed by atoms with Crippen LogP contribution in [0.25, 0.3) is 0 Å². The molecule has 0 aromatic heterocycles. The number of nitrogens with zero attached hydrogens (tertiary/aromatic N) is 1. The summed E-state index contributed by atoms with van der Waals surface area (Å²) in [5.41, 5.74) is 1.95. The first-order valence-electron chi connectivity index (χ1n) is 13.2. The number of benzene rings is 2. The van der Waals surface area contributed by atoms with E-state index in [0.29, 0.717) is 18.6 Å². The van der Waals surface area contributed by atoms with E-state index >= 15 is 0 Å². The normalized spacial score (nSPS) is 23.8. The summed E-state index contributed by atoms with van der Waals surface area (Å²) in [6, 6.07) is 15.7. The number of methoxy groups -OCH3 is 1. The second kappa shape index (κ2) is 12.0. The van der Waals surface area contributed by atoms with E-state index in [0.717, 1.165) is 75.0 Å². The third-order valence-electron chi connectivity index (χ3n) is 8.01. The first-order chi connectivity index (χ1) is 18.0. The molecule has 11 heteroatoms. The van der Waals surface area contributed by atoms with Gasteiger partial charge in [0.1, 0.15) is 5.75 Å². The van der Waals surface area contributed by atoms with E-state index in [-0.39, 0.29) is 10.3 Å². The summed E-state index contributed by atoms with van der Waals surface area (Å²) in [6.07, 6.45) is 7.09. The highest BCUT2D eigenvalue weighted by atomic mass is 32.2. The molecule has 1 aliphatic carbocycles. The first kappa shape index (κ1) is 29.0. The number of nitrogens with one attached hydrogen (secondary N) is 2. The minimum absolute atomic E-state index is 0.138. The van der Waals surface area contributed by atoms with Crippen LogP contribution in [-0.2, 0) is 32.0 Å². The highest BCUT2D eigenvalue weighted by Gasteiger charge is 2.38. The van der Waals surface area contributed by atoms with Crippen LogP contribution in [0.15, 0.2) is 53.4 Å². The molecule has 2 fully saturated rings. The Bertz CT molecular complexity index is 1280. The Kier molecular flexibility index (Phi) is 9.16. The van der Waals surface area contributed by atoms with Gasteiger partial charge in [0.25, 0.3) is 0 Å². The lowest BCUT2D eigenvalue weighted by Gasteiger charge is -2.43. The van der Waals surface area contributed by atoms with Crippen LogP contribution in [0.3, 0.4) is 0 Å². The molecule has 0 atom stereocenters. The Morgan fingerprint density at radius 1 is 0.974 bits per heavy atom. The van der Waals surface area contributed by atoms with Gasteiger partial charge in [-0.15, -0.1) is 0 Å². The molecule has 0 spiro atoms. The Morgan fingerprint density at radius 3 is 2.18 bits per heavy atom. The molecule has 1 aliphatic heterocycles. The highest BCUT2D eigenvalue weighted by molar-refractivity contribution is 7.89. The molecule has 0 unspecified atom stereocenters. The quantitative estimate of drug-likeness (QED) is 0.404. The minimum Gasteiger partial charge on any atom is -0.497 e. The van der Waals surface area contributed by atoms with E-state index < -0.39 is 20.0 Å². The van der Waals surface area contributed by atoms with Gasteiger partial charge in [-0.25, -0.2) is 26.7 Å². The number of hydrogen-bond acceptors (Lipinski definition) is 7. The zero-order valence-electron chi connectivity index (χ0n) is 22.2. The Labute approximate surface area is 227 Å². The fraction of sp³-hybridized carbons (Fsp3) is 0.556. The van der Waals surface area contributed by atoms with Crippen LogP contribution in [-0.4, -0.2) is 66.8 Å². The van der Waals surface area contributed by atoms with Gasteiger partial charge < -0.3 is 10.1 Å². The fourth-order valence-electron chi connectivity index (χ4n) is 5.76. The van der Waals surface area contributed by atoms with Crippen LogP contribution in [0, 0.1) is 0 Å². The maximum Gasteiger partial charge on any atom is 0.238 e. The number of hydrogen-bond donors (Lipinski definition) is 3. The Balaban J connectivity index is 1.30. The average molecular weight is 565 g/mol. The maximum absolute atomic E-state index is 11.9. The molecule has 0 bridgehead atoms. The van der Waals surface area contributed by atoms with Gasteiger partial charge in [0.15, 0.2) is 0 Å². The van der Waals surface area contributed by atoms with E-state index in [2.05, 4.69) is 21.0 Å². The molecule has 1 heterocycles. The van der Waals surface area contributed by atoms with Crippen molar-refractivity contribution in [1.82, 2.24) is 14.9 Å². The first-order valence-corrected chi connectivity index (χ1v) is 16.6. The second-order valence-corrected chi connectivity index (χ2v) is 14.2. The molecule has 38 heavy (non-hydrogen) atoms. The average Bonchev–Trinajstić information content (AvgIpc) is 2.89. The summed E-state index contributed by atoms with van der Waals surface area (Å²) >= 11 is 0. The van der Waals surface area contributed by atoms with Gasteiger partial charge >= 0.3 is 0 Å². The van der Waals surface area contributed by atoms with Crippen molar-refractivity contribution in [3.05, 3.63) is 59.7 Å². The standard InChI is InChI=1S/C27H40N4O5S2/c1-36-25-5-3-4-22(18-25)27(20-29-37(2,32)33)14-10-23(11-15-27)30-24-12-16-31(17-13-24)19-21-6-8-26(9-7-21)38(28,34)35/h3-9,18,23-24,29-30H,10-17,19-20H2,1-2H3,(H2,28,34,35). The van der Waals surface area contributed by atoms with E-state index in [1.165, 1.54) is 6.26 Å². The summed E-state index contributed by atoms with van der Waals surface area (Å²) in [5.74, 6) is 0.786. The SMILES string of the molecule is COc1cccc(C2(CNS(C)(=O)=O)CCC(NC3CCN(Cc4ccc(S(N)(=O)=O)cc4)CC3)CC2)c1. The zero-order chi connectivity index (χ0) is 27.4. The molecule has 0 radical (unpaired) electrons. The molecule has 0 amide bonds. The van der Waals surface area contributed by atoms with Crippen LogP contribution >= 0.6 is 0 Å². The lowest BCUT2D eigenvalue weighted by molar-refractivity contribution is 0.167. The summed E-state index contributed by atoms with van der Waals surface area (Å²) in [6.45, 7) is 3.14. The summed E-state index contributed by atoms with van der Waals surface area (Å²) in [4.78, 5) is 2.54. The largest absolute Gasteiger partial charge is 0.497 e. The van der Waals surface area contributed by atoms with Crippen LogP contribution < -0.4 is 19.9 Å². The molecule has 2 aliphatic rings. The van der Waals surface area contributed by atoms with Gasteiger partial charge in [0.2, 0.25) is 20.0 Å². The molecule has 9 nitrogen and oxygen atoms in total. The summed E-state index contributed by atoms with van der Waals surface area (Å²) in [5, 5.41) is 9.07. The second-order valence-electron chi connectivity index (χ2n) is 10.8. The topological polar surface area (TPSA) is 131 Å². The third-order valence-corrected chi connectivity index (χ3v) is 9.61. The van der Waals surface area contributed by atoms with E-state index in [1.54, 1.807) is 19.2 Å². The number of sulfonamides is 2. The van der Waals surface area contributed by atoms with Gasteiger partial charge in [-0.2, -0.15) is 0 Å². The fourth-order valence-corrected chi connectivity index (χ4v) is 6.81. The van der Waals surface area contributed by atoms with E-state index in [1.807, 2.05) is 30.3 Å². The van der Waals surface area contributed by atoms with Crippen LogP contribution in [0.5, 0.6) is 5.75 Å². The Hall–Kier alpha value is -2.02. The zero-order valence-corrected chi connectivity index (χ0v) is 23.9. The van der Waals surface area contributed by atoms with Crippen LogP contribution in [0.2, 0.25) is 0 Å². The summed E-state index contributed by atoms with van der Waals surface area (Å²) < 4.78 is 55.0. The Morgan fingerprint density at radius 2 is 1.61 bits per heavy atom. The van der Waals surface area contributed by atoms with E-state index in [9.17, 15) is 16.8 Å². The van der Waals surface area contributed by atoms with Crippen molar-refractivity contribution in [3.63, 3.8) is 0 Å². The summed E-state index contributed by atoms with van der Waals surface area (Å²) in [7, 11) is -5.31. The number of likely N-dealkylation sites (tertiary alicyclic amines) is 1. The third kappa shape index (κ3) is 7.77. The van der Waals surface area contributed by atoms with Gasteiger partial charge in [-0.1, -0.05) is 24.3 Å². The smallest absolute Gasteiger partial charge is 0.238 e. The van der Waals surface area contributed by atoms with E-state index in [4.69, 9.17) is 9.88 Å². The highest BCUT2D eigenvalue weighted by Crippen LogP contribution is 2.40. The molecule has 4 rings (SSSR count). The monoisotopic (exact) mass is 564 g/mol. The number of primary sulfonamides is 1. The number of ether oxygens (including phenoxy) is 1. The predicted molar refractivity (Wildman–Crippen MR) is 149 cm³/mol. The lowest BCUT2D eigenvalue weighted by atomic mass is 9.68. The van der Waals surface area contributed by atoms with Crippen molar-refractivity contribution in [2.75, 3.05) is 33.0 Å². The molecular formula is C27H40N4O5S2. The minimum atomic E-state index is -3.67. The van der Waals surface area contributed by atoms with Gasteiger partial charge in [-0.3, -0.25) is 4.90 Å². The molecule has 2 aromatic rings. The molecule has 1 saturated heterocycles. The van der Waals surface area contributed by atoms with Crippen LogP contribution in [0.4, 0.5) is 0 Å². The van der Waals surface area contributed by atoms with Gasteiger partial charge in [0, 0.05) is 30.6 Å². The van der Waals surface area contributed by atoms with Crippen molar-refractivity contribution in [3.8, 4) is 5.75 Å². The maximum atomic E-state index is 11.9. The number of piperidine rings is 1. The van der Waals surface area contributed by atoms with Crippen molar-refractivity contribution >= 4 is 20.0 Å². The van der Waals surface area contributed by atoms with Crippen LogP contribution in [0.1, 0.15) is 49.7 Å². The molecule has 1 saturated carbocycles. The molecule has 2 aromatic carbocycles. The van der Waals surface area contributed by atoms with Crippen molar-refractivity contribution < 1.29 is 21.6 Å². The molecule has 4 N–H and O–H groups in total. The lowest BCUT2D eigenvalue weighted by Crippen LogP contribution is -2.50. The van der Waals surface area contributed by atoms with Crippen molar-refractivity contribution in [2.24, 2.45) is 5.14 Å². The predicted octanol–water partition coefficient (Wildman–Crippen LogP) is 2.33. The molecule has 210 valence electrons. The molecular weight excluding hydrogens is 524 g/mol. The van der Waals surface area contributed by atoms with Crippen molar-refractivity contribution in [1.29, 1.82) is 0 Å². The van der Waals surface area contributed by atoms with Gasteiger partial charge in [0.05, 0.1) is 18.3 Å². The van der Waals surface area contributed by atoms with Crippen molar-refractivity contribution in [2.45, 2.75) is 67.5 Å². The number of nitrogens with two attached hydrogens (primary N) is 1. The number of rotatable bonds is 10. The van der Waals surface area contributed by atoms with Gasteiger partial charge in [-0.05, 0) is 87.0 Å².